The Kier molecular flexibility index (Phi) is 12.1. The number of nitrogens with zero attached hydrogens (tertiary/aromatic N) is 2. The number of nitrogens with one attached hydrogen (secondary N) is 1. The lowest BCUT2D eigenvalue weighted by molar-refractivity contribution is -0.890. The van der Waals surface area contributed by atoms with Crippen LogP contribution in [-0.4, -0.2) is 95.4 Å². The van der Waals surface area contributed by atoms with Gasteiger partial charge in [-0.05, 0) is 50.1 Å². The standard InChI is InChI=1S/C36H48N3O5/c1-6-38(7-2)28-14-16-32-34(26-28)44-33-25-27(3)13-15-31(33)35(32)29-11-8-9-12-30(29)36(41)37-17-10-18-39(4,5)19-21-42-23-24-43-22-20-40/h8-9,11-16,25-26,40H,6-7,10,17-24H2,1-5H3/q+1/p+1. The molecule has 1 amide bonds. The molecule has 1 aliphatic heterocycles. The van der Waals surface area contributed by atoms with Crippen molar-refractivity contribution < 1.29 is 28.3 Å². The van der Waals surface area contributed by atoms with Crippen molar-refractivity contribution in [2.24, 2.45) is 0 Å². The molecular weight excluding hydrogens is 554 g/mol. The summed E-state index contributed by atoms with van der Waals surface area (Å²) in [6.07, 6.45) is 0.851. The summed E-state index contributed by atoms with van der Waals surface area (Å²) in [7, 11) is 4.35. The van der Waals surface area contributed by atoms with Gasteiger partial charge < -0.3 is 28.8 Å². The molecule has 0 atom stereocenters. The number of carbonyl (C=O) groups is 1. The van der Waals surface area contributed by atoms with Crippen LogP contribution in [0.4, 0.5) is 0 Å². The molecule has 0 spiro atoms. The van der Waals surface area contributed by atoms with Crippen molar-refractivity contribution in [3.8, 4) is 22.5 Å². The van der Waals surface area contributed by atoms with Gasteiger partial charge in [-0.1, -0.05) is 30.3 Å². The second-order valence-corrected chi connectivity index (χ2v) is 11.8. The molecule has 0 saturated heterocycles. The van der Waals surface area contributed by atoms with Gasteiger partial charge in [-0.25, -0.2) is 4.58 Å². The highest BCUT2D eigenvalue weighted by molar-refractivity contribution is 6.09. The van der Waals surface area contributed by atoms with E-state index in [9.17, 15) is 4.79 Å². The highest BCUT2D eigenvalue weighted by atomic mass is 16.5. The van der Waals surface area contributed by atoms with Crippen molar-refractivity contribution in [3.63, 3.8) is 0 Å². The molecular formula is C36H49N3O5+2. The van der Waals surface area contributed by atoms with E-state index >= 15 is 0 Å². The van der Waals surface area contributed by atoms with Crippen molar-refractivity contribution in [2.45, 2.75) is 27.2 Å². The molecule has 4 rings (SSSR count). The molecule has 0 fully saturated rings. The van der Waals surface area contributed by atoms with E-state index in [1.165, 1.54) is 0 Å². The van der Waals surface area contributed by atoms with E-state index in [1.54, 1.807) is 0 Å². The number of hydrogen-bond donors (Lipinski definition) is 2. The van der Waals surface area contributed by atoms with Gasteiger partial charge in [0.1, 0.15) is 31.0 Å². The zero-order chi connectivity index (χ0) is 31.5. The minimum Gasteiger partial charge on any atom is -0.456 e. The topological polar surface area (TPSA) is 83.9 Å². The molecule has 0 radical (unpaired) electrons. The summed E-state index contributed by atoms with van der Waals surface area (Å²) >= 11 is 0. The predicted octanol–water partition coefficient (Wildman–Crippen LogP) is 4.55. The summed E-state index contributed by atoms with van der Waals surface area (Å²) in [5, 5.41) is 14.0. The Hall–Kier alpha value is -3.56. The minimum absolute atomic E-state index is 0.0278. The van der Waals surface area contributed by atoms with Gasteiger partial charge >= 0.3 is 0 Å². The fraction of sp³-hybridized carbons (Fsp3) is 0.444. The molecule has 2 aliphatic rings. The fourth-order valence-electron chi connectivity index (χ4n) is 5.58. The SMILES string of the molecule is CC[N+](CC)=c1ccc2c(-c3ccccc3C(=O)NCCC[N+](C)(C)CCOCCOCCO)c3ccc(C)cc3oc-2c1. The van der Waals surface area contributed by atoms with Crippen LogP contribution in [0.5, 0.6) is 0 Å². The highest BCUT2D eigenvalue weighted by Crippen LogP contribution is 2.41. The first-order chi connectivity index (χ1) is 21.3. The number of aliphatic hydroxyl groups is 1. The number of quaternary nitrogens is 1. The molecule has 2 aromatic rings. The molecule has 0 saturated carbocycles. The number of fused-ring (bicyclic) bond motifs is 2. The van der Waals surface area contributed by atoms with Gasteiger partial charge in [-0.15, -0.1) is 0 Å². The van der Waals surface area contributed by atoms with E-state index in [0.717, 1.165) is 81.4 Å². The minimum atomic E-state index is -0.0777. The van der Waals surface area contributed by atoms with Gasteiger partial charge in [0, 0.05) is 41.1 Å². The molecule has 0 bridgehead atoms. The summed E-state index contributed by atoms with van der Waals surface area (Å²) < 4.78 is 20.5. The Balaban J connectivity index is 1.52. The molecule has 1 aliphatic carbocycles. The molecule has 0 aromatic heterocycles. The number of aryl methyl sites for hydroxylation is 1. The zero-order valence-corrected chi connectivity index (χ0v) is 27.0. The van der Waals surface area contributed by atoms with Crippen LogP contribution in [-0.2, 0) is 9.47 Å². The first kappa shape index (κ1) is 33.3. The van der Waals surface area contributed by atoms with Gasteiger partial charge in [0.25, 0.3) is 5.91 Å². The second kappa shape index (κ2) is 16.0. The van der Waals surface area contributed by atoms with Crippen LogP contribution >= 0.6 is 0 Å². The summed E-state index contributed by atoms with van der Waals surface area (Å²) in [5.74, 6) is 0.727. The molecule has 0 unspecified atom stereocenters. The first-order valence-corrected chi connectivity index (χ1v) is 15.8. The number of amides is 1. The normalized spacial score (nSPS) is 11.8. The third-order valence-electron chi connectivity index (χ3n) is 8.10. The maximum Gasteiger partial charge on any atom is 0.251 e. The monoisotopic (exact) mass is 603 g/mol. The summed E-state index contributed by atoms with van der Waals surface area (Å²) in [5.41, 5.74) is 5.47. The van der Waals surface area contributed by atoms with E-state index in [2.05, 4.69) is 81.2 Å². The van der Waals surface area contributed by atoms with Crippen molar-refractivity contribution in [3.05, 3.63) is 77.1 Å². The fourth-order valence-corrected chi connectivity index (χ4v) is 5.58. The number of hydrogen-bond acceptors (Lipinski definition) is 5. The van der Waals surface area contributed by atoms with Crippen LogP contribution in [0.3, 0.4) is 0 Å². The quantitative estimate of drug-likeness (QED) is 0.0850. The zero-order valence-electron chi connectivity index (χ0n) is 27.0. The van der Waals surface area contributed by atoms with E-state index in [0.29, 0.717) is 38.5 Å². The van der Waals surface area contributed by atoms with Crippen molar-refractivity contribution in [1.29, 1.82) is 0 Å². The second-order valence-electron chi connectivity index (χ2n) is 11.8. The molecule has 8 nitrogen and oxygen atoms in total. The predicted molar refractivity (Wildman–Crippen MR) is 177 cm³/mol. The Morgan fingerprint density at radius 1 is 0.909 bits per heavy atom. The highest BCUT2D eigenvalue weighted by Gasteiger charge is 2.22. The Morgan fingerprint density at radius 3 is 2.41 bits per heavy atom. The number of likely N-dealkylation sites (N-methyl/N-ethyl adjacent to an activating group) is 1. The lowest BCUT2D eigenvalue weighted by atomic mass is 9.90. The third kappa shape index (κ3) is 8.54. The van der Waals surface area contributed by atoms with Crippen LogP contribution in [0.1, 0.15) is 36.2 Å². The Bertz CT molecular complexity index is 1570. The van der Waals surface area contributed by atoms with E-state index in [-0.39, 0.29) is 12.5 Å². The maximum atomic E-state index is 13.6. The molecule has 44 heavy (non-hydrogen) atoms. The van der Waals surface area contributed by atoms with E-state index < -0.39 is 0 Å². The summed E-state index contributed by atoms with van der Waals surface area (Å²) in [6, 6.07) is 20.5. The van der Waals surface area contributed by atoms with Crippen LogP contribution in [0.15, 0.2) is 65.1 Å². The Labute approximate surface area is 261 Å². The maximum absolute atomic E-state index is 13.6. The largest absolute Gasteiger partial charge is 0.456 e. The average Bonchev–Trinajstić information content (AvgIpc) is 3.02. The van der Waals surface area contributed by atoms with Gasteiger partial charge in [-0.2, -0.15) is 0 Å². The molecule has 2 N–H and O–H groups in total. The van der Waals surface area contributed by atoms with Crippen molar-refractivity contribution in [2.75, 3.05) is 79.9 Å². The van der Waals surface area contributed by atoms with Crippen LogP contribution in [0, 0.1) is 6.92 Å². The van der Waals surface area contributed by atoms with Crippen LogP contribution in [0.2, 0.25) is 0 Å². The third-order valence-corrected chi connectivity index (χ3v) is 8.10. The van der Waals surface area contributed by atoms with Gasteiger partial charge in [0.05, 0.1) is 59.7 Å². The Morgan fingerprint density at radius 2 is 1.66 bits per heavy atom. The molecule has 2 aromatic carbocycles. The van der Waals surface area contributed by atoms with Gasteiger partial charge in [0.15, 0.2) is 0 Å². The number of ether oxygens (including phenoxy) is 2. The molecule has 236 valence electrons. The van der Waals surface area contributed by atoms with Crippen molar-refractivity contribution in [1.82, 2.24) is 9.89 Å². The smallest absolute Gasteiger partial charge is 0.251 e. The molecule has 1 heterocycles. The van der Waals surface area contributed by atoms with E-state index in [4.69, 9.17) is 19.0 Å². The van der Waals surface area contributed by atoms with Crippen LogP contribution < -0.4 is 15.2 Å². The lowest BCUT2D eigenvalue weighted by Gasteiger charge is -2.29. The average molecular weight is 604 g/mol. The van der Waals surface area contributed by atoms with E-state index in [1.807, 2.05) is 24.3 Å². The first-order valence-electron chi connectivity index (χ1n) is 15.8. The summed E-state index contributed by atoms with van der Waals surface area (Å²) in [6.45, 7) is 12.6. The lowest BCUT2D eigenvalue weighted by Crippen LogP contribution is -2.44. The number of benzene rings is 3. The number of rotatable bonds is 16. The number of carbonyl (C=O) groups excluding carboxylic acids is 1. The van der Waals surface area contributed by atoms with Crippen LogP contribution in [0.25, 0.3) is 33.4 Å². The van der Waals surface area contributed by atoms with Gasteiger partial charge in [-0.3, -0.25) is 4.79 Å². The van der Waals surface area contributed by atoms with Gasteiger partial charge in [0.2, 0.25) is 5.36 Å². The van der Waals surface area contributed by atoms with Crippen molar-refractivity contribution >= 4 is 16.9 Å². The number of aliphatic hydroxyl groups excluding tert-OH is 1. The summed E-state index contributed by atoms with van der Waals surface area (Å²) in [4.78, 5) is 13.6. The molecule has 8 heteroatoms.